The second kappa shape index (κ2) is 6.29. The Morgan fingerprint density at radius 2 is 2.05 bits per heavy atom. The van der Waals surface area contributed by atoms with Crippen LogP contribution in [0.1, 0.15) is 11.1 Å². The third-order valence-electron chi connectivity index (χ3n) is 2.89. The fourth-order valence-electron chi connectivity index (χ4n) is 1.85. The highest BCUT2D eigenvalue weighted by Gasteiger charge is 2.10. The smallest absolute Gasteiger partial charge is 0.139 e. The van der Waals surface area contributed by atoms with Gasteiger partial charge in [0.15, 0.2) is 0 Å². The molecule has 1 N–H and O–H groups in total. The minimum atomic E-state index is -0.336. The Kier molecular flexibility index (Phi) is 4.69. The van der Waals surface area contributed by atoms with Crippen molar-refractivity contribution in [2.45, 2.75) is 11.8 Å². The van der Waals surface area contributed by atoms with E-state index in [-0.39, 0.29) is 5.82 Å². The lowest BCUT2D eigenvalue weighted by molar-refractivity contribution is 0.621. The van der Waals surface area contributed by atoms with Gasteiger partial charge in [0.25, 0.3) is 0 Å². The molecule has 0 saturated heterocycles. The Morgan fingerprint density at radius 3 is 2.70 bits per heavy atom. The van der Waals surface area contributed by atoms with E-state index in [0.717, 1.165) is 10.5 Å². The molecule has 0 aliphatic rings. The van der Waals surface area contributed by atoms with Crippen LogP contribution in [0.15, 0.2) is 39.7 Å². The zero-order valence-electron chi connectivity index (χ0n) is 11.0. The summed E-state index contributed by atoms with van der Waals surface area (Å²) in [5.74, 6) is -0.336. The maximum Gasteiger partial charge on any atom is 0.139 e. The summed E-state index contributed by atoms with van der Waals surface area (Å²) in [6.45, 7) is 1.89. The third-order valence-corrected chi connectivity index (χ3v) is 4.28. The molecule has 0 atom stereocenters. The van der Waals surface area contributed by atoms with Crippen LogP contribution in [0.3, 0.4) is 0 Å². The first-order chi connectivity index (χ1) is 9.56. The molecule has 0 aliphatic heterocycles. The molecule has 0 spiro atoms. The van der Waals surface area contributed by atoms with E-state index in [4.69, 9.17) is 0 Å². The Labute approximate surface area is 130 Å². The highest BCUT2D eigenvalue weighted by molar-refractivity contribution is 9.10. The predicted molar refractivity (Wildman–Crippen MR) is 85.1 cm³/mol. The van der Waals surface area contributed by atoms with Gasteiger partial charge in [-0.15, -0.1) is 11.8 Å². The number of benzene rings is 2. The maximum absolute atomic E-state index is 13.6. The zero-order chi connectivity index (χ0) is 14.7. The topological polar surface area (TPSA) is 35.8 Å². The van der Waals surface area contributed by atoms with Gasteiger partial charge in [-0.25, -0.2) is 4.39 Å². The van der Waals surface area contributed by atoms with Crippen molar-refractivity contribution in [1.82, 2.24) is 0 Å². The van der Waals surface area contributed by atoms with Gasteiger partial charge >= 0.3 is 0 Å². The van der Waals surface area contributed by atoms with Gasteiger partial charge in [0.1, 0.15) is 11.9 Å². The van der Waals surface area contributed by atoms with Crippen molar-refractivity contribution in [1.29, 1.82) is 5.26 Å². The summed E-state index contributed by atoms with van der Waals surface area (Å²) in [5, 5.41) is 12.4. The molecular weight excluding hydrogens is 339 g/mol. The van der Waals surface area contributed by atoms with Crippen LogP contribution >= 0.6 is 27.7 Å². The summed E-state index contributed by atoms with van der Waals surface area (Å²) in [5.41, 5.74) is 2.81. The summed E-state index contributed by atoms with van der Waals surface area (Å²) < 4.78 is 14.1. The number of thioether (sulfide) groups is 1. The summed E-state index contributed by atoms with van der Waals surface area (Å²) >= 11 is 4.67. The Balaban J connectivity index is 2.46. The summed E-state index contributed by atoms with van der Waals surface area (Å²) in [6.07, 6.45) is 1.92. The molecule has 0 radical (unpaired) electrons. The van der Waals surface area contributed by atoms with Crippen LogP contribution in [0.5, 0.6) is 0 Å². The van der Waals surface area contributed by atoms with Crippen LogP contribution in [-0.4, -0.2) is 6.26 Å². The van der Waals surface area contributed by atoms with Gasteiger partial charge in [0.05, 0.1) is 15.7 Å². The molecule has 0 bridgehead atoms. The molecule has 2 rings (SSSR count). The van der Waals surface area contributed by atoms with E-state index in [1.165, 1.54) is 17.8 Å². The van der Waals surface area contributed by atoms with Crippen molar-refractivity contribution < 1.29 is 4.39 Å². The molecule has 102 valence electrons. The second-order valence-corrected chi connectivity index (χ2v) is 5.90. The van der Waals surface area contributed by atoms with Crippen molar-refractivity contribution in [3.05, 3.63) is 51.7 Å². The average molecular weight is 351 g/mol. The number of nitrogens with one attached hydrogen (secondary N) is 1. The fraction of sp³-hybridized carbons (Fsp3) is 0.133. The molecule has 2 nitrogen and oxygen atoms in total. The normalized spacial score (nSPS) is 10.2. The number of hydrogen-bond acceptors (Lipinski definition) is 3. The van der Waals surface area contributed by atoms with Crippen LogP contribution < -0.4 is 5.32 Å². The number of halogens is 2. The standard InChI is InChI=1S/C15H12BrFN2S/c1-9-6-11(16)12(17)7-14(9)19-13-4-3-5-15(20-2)10(13)8-18/h3-7,19H,1-2H3. The van der Waals surface area contributed by atoms with Crippen LogP contribution in [0.25, 0.3) is 0 Å². The number of nitriles is 1. The lowest BCUT2D eigenvalue weighted by Crippen LogP contribution is -1.98. The first-order valence-electron chi connectivity index (χ1n) is 5.86. The van der Waals surface area contributed by atoms with Gasteiger partial charge in [-0.3, -0.25) is 0 Å². The number of aryl methyl sites for hydroxylation is 1. The lowest BCUT2D eigenvalue weighted by Gasteiger charge is -2.13. The van der Waals surface area contributed by atoms with Crippen molar-refractivity contribution in [2.75, 3.05) is 11.6 Å². The third kappa shape index (κ3) is 2.97. The first kappa shape index (κ1) is 14.9. The molecule has 2 aromatic carbocycles. The van der Waals surface area contributed by atoms with Crippen molar-refractivity contribution in [3.8, 4) is 6.07 Å². The fourth-order valence-corrected chi connectivity index (χ4v) is 2.88. The van der Waals surface area contributed by atoms with Gasteiger partial charge in [-0.05, 0) is 58.9 Å². The minimum Gasteiger partial charge on any atom is -0.354 e. The van der Waals surface area contributed by atoms with E-state index in [0.29, 0.717) is 21.4 Å². The quantitative estimate of drug-likeness (QED) is 0.769. The van der Waals surface area contributed by atoms with E-state index < -0.39 is 0 Å². The van der Waals surface area contributed by atoms with Gasteiger partial charge in [-0.1, -0.05) is 6.07 Å². The Bertz CT molecular complexity index is 695. The summed E-state index contributed by atoms with van der Waals surface area (Å²) in [6, 6.07) is 10.9. The number of nitrogens with zero attached hydrogens (tertiary/aromatic N) is 1. The maximum atomic E-state index is 13.6. The number of anilines is 2. The van der Waals surface area contributed by atoms with Crippen molar-refractivity contribution in [2.24, 2.45) is 0 Å². The second-order valence-electron chi connectivity index (χ2n) is 4.20. The van der Waals surface area contributed by atoms with Crippen molar-refractivity contribution in [3.63, 3.8) is 0 Å². The van der Waals surface area contributed by atoms with E-state index in [9.17, 15) is 9.65 Å². The van der Waals surface area contributed by atoms with Crippen LogP contribution in [0.2, 0.25) is 0 Å². The Morgan fingerprint density at radius 1 is 1.30 bits per heavy atom. The molecule has 0 amide bonds. The molecule has 0 fully saturated rings. The van der Waals surface area contributed by atoms with E-state index in [2.05, 4.69) is 27.3 Å². The number of rotatable bonds is 3. The predicted octanol–water partition coefficient (Wildman–Crippen LogP) is 5.23. The van der Waals surface area contributed by atoms with E-state index in [1.54, 1.807) is 6.07 Å². The van der Waals surface area contributed by atoms with Crippen LogP contribution in [0.4, 0.5) is 15.8 Å². The van der Waals surface area contributed by atoms with Gasteiger partial charge in [-0.2, -0.15) is 5.26 Å². The highest BCUT2D eigenvalue weighted by Crippen LogP contribution is 2.31. The largest absolute Gasteiger partial charge is 0.354 e. The molecule has 2 aromatic rings. The molecule has 5 heteroatoms. The zero-order valence-corrected chi connectivity index (χ0v) is 13.4. The summed E-state index contributed by atoms with van der Waals surface area (Å²) in [4.78, 5) is 0.896. The van der Waals surface area contributed by atoms with E-state index >= 15 is 0 Å². The first-order valence-corrected chi connectivity index (χ1v) is 7.88. The van der Waals surface area contributed by atoms with E-state index in [1.807, 2.05) is 31.4 Å². The van der Waals surface area contributed by atoms with Crippen LogP contribution in [0, 0.1) is 24.1 Å². The lowest BCUT2D eigenvalue weighted by atomic mass is 10.1. The SMILES string of the molecule is CSc1cccc(Nc2cc(F)c(Br)cc2C)c1C#N. The molecule has 0 heterocycles. The van der Waals surface area contributed by atoms with Gasteiger partial charge in [0, 0.05) is 10.6 Å². The average Bonchev–Trinajstić information content (AvgIpc) is 2.44. The number of hydrogen-bond donors (Lipinski definition) is 1. The molecule has 0 aliphatic carbocycles. The van der Waals surface area contributed by atoms with Crippen LogP contribution in [-0.2, 0) is 0 Å². The van der Waals surface area contributed by atoms with Gasteiger partial charge < -0.3 is 5.32 Å². The molecule has 0 unspecified atom stereocenters. The Hall–Kier alpha value is -1.51. The molecular formula is C15H12BrFN2S. The molecule has 0 aromatic heterocycles. The van der Waals surface area contributed by atoms with Gasteiger partial charge in [0.2, 0.25) is 0 Å². The highest BCUT2D eigenvalue weighted by atomic mass is 79.9. The molecule has 20 heavy (non-hydrogen) atoms. The molecule has 0 saturated carbocycles. The minimum absolute atomic E-state index is 0.336. The van der Waals surface area contributed by atoms with Crippen molar-refractivity contribution >= 4 is 39.1 Å². The summed E-state index contributed by atoms with van der Waals surface area (Å²) in [7, 11) is 0. The monoisotopic (exact) mass is 350 g/mol.